The van der Waals surface area contributed by atoms with Gasteiger partial charge in [-0.1, -0.05) is 41.4 Å². The first-order valence-electron chi connectivity index (χ1n) is 5.00. The smallest absolute Gasteiger partial charge is 0.170 e. The van der Waals surface area contributed by atoms with Crippen molar-refractivity contribution in [2.45, 2.75) is 6.42 Å². The lowest BCUT2D eigenvalue weighted by molar-refractivity contribution is 0.410. The van der Waals surface area contributed by atoms with Gasteiger partial charge in [0.1, 0.15) is 5.75 Å². The summed E-state index contributed by atoms with van der Waals surface area (Å²) in [7, 11) is 1.64. The molecule has 0 fully saturated rings. The van der Waals surface area contributed by atoms with Crippen LogP contribution in [0.25, 0.3) is 0 Å². The molecule has 0 radical (unpaired) electrons. The summed E-state index contributed by atoms with van der Waals surface area (Å²) < 4.78 is 5.26. The molecule has 0 aliphatic rings. The first-order valence-corrected chi connectivity index (χ1v) is 5.76. The van der Waals surface area contributed by atoms with Gasteiger partial charge in [-0.25, -0.2) is 0 Å². The number of nitrogens with zero attached hydrogens (tertiary/aromatic N) is 2. The van der Waals surface area contributed by atoms with Crippen LogP contribution in [0.1, 0.15) is 11.3 Å². The fourth-order valence-electron chi connectivity index (χ4n) is 1.52. The van der Waals surface area contributed by atoms with Crippen molar-refractivity contribution in [2.24, 2.45) is 0 Å². The minimum Gasteiger partial charge on any atom is -0.496 e. The van der Waals surface area contributed by atoms with Crippen LogP contribution in [0.2, 0.25) is 10.2 Å². The number of rotatable bonds is 3. The molecule has 0 N–H and O–H groups in total. The van der Waals surface area contributed by atoms with Gasteiger partial charge in [0.15, 0.2) is 5.15 Å². The van der Waals surface area contributed by atoms with E-state index in [4.69, 9.17) is 27.9 Å². The molecule has 0 bridgehead atoms. The number of halogens is 2. The van der Waals surface area contributed by atoms with E-state index >= 15 is 0 Å². The second-order valence-corrected chi connectivity index (χ2v) is 4.23. The van der Waals surface area contributed by atoms with Crippen molar-refractivity contribution < 1.29 is 4.74 Å². The fourth-order valence-corrected chi connectivity index (χ4v) is 1.78. The van der Waals surface area contributed by atoms with Gasteiger partial charge >= 0.3 is 0 Å². The number of benzene rings is 1. The Morgan fingerprint density at radius 1 is 1.18 bits per heavy atom. The van der Waals surface area contributed by atoms with Crippen molar-refractivity contribution in [3.8, 4) is 5.75 Å². The van der Waals surface area contributed by atoms with Crippen LogP contribution in [0.5, 0.6) is 5.75 Å². The summed E-state index contributed by atoms with van der Waals surface area (Å²) in [5.74, 6) is 0.820. The lowest BCUT2D eigenvalue weighted by Crippen LogP contribution is -1.97. The normalized spacial score (nSPS) is 10.3. The Morgan fingerprint density at radius 2 is 1.94 bits per heavy atom. The molecule has 88 valence electrons. The minimum atomic E-state index is 0.218. The largest absolute Gasteiger partial charge is 0.496 e. The maximum Gasteiger partial charge on any atom is 0.170 e. The van der Waals surface area contributed by atoms with Gasteiger partial charge in [-0.05, 0) is 12.1 Å². The highest BCUT2D eigenvalue weighted by molar-refractivity contribution is 6.41. The molecule has 5 heteroatoms. The highest BCUT2D eigenvalue weighted by Gasteiger charge is 2.07. The molecule has 2 rings (SSSR count). The van der Waals surface area contributed by atoms with Gasteiger partial charge in [0, 0.05) is 12.0 Å². The Morgan fingerprint density at radius 3 is 2.65 bits per heavy atom. The maximum absolute atomic E-state index is 5.89. The van der Waals surface area contributed by atoms with Crippen molar-refractivity contribution in [3.05, 3.63) is 51.8 Å². The second-order valence-electron chi connectivity index (χ2n) is 3.46. The van der Waals surface area contributed by atoms with E-state index in [1.54, 1.807) is 13.2 Å². The van der Waals surface area contributed by atoms with Gasteiger partial charge in [-0.15, -0.1) is 5.10 Å². The zero-order chi connectivity index (χ0) is 12.3. The van der Waals surface area contributed by atoms with Crippen molar-refractivity contribution in [2.75, 3.05) is 7.11 Å². The molecule has 0 atom stereocenters. The molecule has 0 spiro atoms. The molecule has 2 aromatic rings. The Labute approximate surface area is 109 Å². The molecule has 0 amide bonds. The van der Waals surface area contributed by atoms with Crippen molar-refractivity contribution in [1.82, 2.24) is 10.2 Å². The lowest BCUT2D eigenvalue weighted by Gasteiger charge is -2.07. The zero-order valence-corrected chi connectivity index (χ0v) is 10.7. The average Bonchev–Trinajstić information content (AvgIpc) is 2.34. The van der Waals surface area contributed by atoms with E-state index in [0.29, 0.717) is 11.4 Å². The van der Waals surface area contributed by atoms with Gasteiger partial charge in [0.2, 0.25) is 0 Å². The van der Waals surface area contributed by atoms with Crippen LogP contribution in [0.15, 0.2) is 30.3 Å². The topological polar surface area (TPSA) is 35.0 Å². The molecule has 0 aliphatic carbocycles. The molecular formula is C12H10Cl2N2O. The molecular weight excluding hydrogens is 259 g/mol. The van der Waals surface area contributed by atoms with E-state index in [1.165, 1.54) is 0 Å². The van der Waals surface area contributed by atoms with Gasteiger partial charge in [0.25, 0.3) is 0 Å². The highest BCUT2D eigenvalue weighted by atomic mass is 35.5. The summed E-state index contributed by atoms with van der Waals surface area (Å²) in [5, 5.41) is 8.39. The third kappa shape index (κ3) is 2.87. The van der Waals surface area contributed by atoms with Gasteiger partial charge in [-0.2, -0.15) is 5.10 Å². The Hall–Kier alpha value is -1.32. The monoisotopic (exact) mass is 268 g/mol. The van der Waals surface area contributed by atoms with Crippen LogP contribution in [-0.2, 0) is 6.42 Å². The first kappa shape index (κ1) is 12.1. The summed E-state index contributed by atoms with van der Waals surface area (Å²) in [4.78, 5) is 0. The van der Waals surface area contributed by atoms with Crippen LogP contribution in [0.4, 0.5) is 0 Å². The van der Waals surface area contributed by atoms with Crippen LogP contribution in [0.3, 0.4) is 0 Å². The van der Waals surface area contributed by atoms with Gasteiger partial charge in [-0.3, -0.25) is 0 Å². The molecule has 17 heavy (non-hydrogen) atoms. The van der Waals surface area contributed by atoms with Gasteiger partial charge < -0.3 is 4.74 Å². The molecule has 0 saturated carbocycles. The number of para-hydroxylation sites is 1. The van der Waals surface area contributed by atoms with E-state index < -0.39 is 0 Å². The van der Waals surface area contributed by atoms with Crippen molar-refractivity contribution in [1.29, 1.82) is 0 Å². The predicted molar refractivity (Wildman–Crippen MR) is 67.9 cm³/mol. The number of hydrogen-bond donors (Lipinski definition) is 0. The molecule has 0 unspecified atom stereocenters. The standard InChI is InChI=1S/C12H10Cl2N2O/c1-17-11-5-3-2-4-8(11)6-9-7-10(13)12(14)16-15-9/h2-5,7H,6H2,1H3. The highest BCUT2D eigenvalue weighted by Crippen LogP contribution is 2.23. The van der Waals surface area contributed by atoms with E-state index in [1.807, 2.05) is 24.3 Å². The number of methoxy groups -OCH3 is 1. The van der Waals surface area contributed by atoms with E-state index in [2.05, 4.69) is 10.2 Å². The summed E-state index contributed by atoms with van der Waals surface area (Å²) in [5.41, 5.74) is 1.78. The Bertz CT molecular complexity index is 532. The summed E-state index contributed by atoms with van der Waals surface area (Å²) >= 11 is 11.6. The molecule has 0 aliphatic heterocycles. The Balaban J connectivity index is 2.28. The van der Waals surface area contributed by atoms with E-state index in [9.17, 15) is 0 Å². The summed E-state index contributed by atoms with van der Waals surface area (Å²) in [6.07, 6.45) is 0.605. The number of aromatic nitrogens is 2. The molecule has 1 aromatic heterocycles. The third-order valence-corrected chi connectivity index (χ3v) is 2.98. The van der Waals surface area contributed by atoms with Crippen molar-refractivity contribution >= 4 is 23.2 Å². The number of ether oxygens (including phenoxy) is 1. The minimum absolute atomic E-state index is 0.218. The first-order chi connectivity index (χ1) is 8.20. The maximum atomic E-state index is 5.89. The lowest BCUT2D eigenvalue weighted by atomic mass is 10.1. The molecule has 1 aromatic carbocycles. The Kier molecular flexibility index (Phi) is 3.82. The average molecular weight is 269 g/mol. The molecule has 3 nitrogen and oxygen atoms in total. The molecule has 0 saturated heterocycles. The summed E-state index contributed by atoms with van der Waals surface area (Å²) in [6, 6.07) is 9.46. The van der Waals surface area contributed by atoms with Crippen LogP contribution < -0.4 is 4.74 Å². The van der Waals surface area contributed by atoms with E-state index in [-0.39, 0.29) is 5.15 Å². The van der Waals surface area contributed by atoms with Crippen LogP contribution in [0, 0.1) is 0 Å². The van der Waals surface area contributed by atoms with E-state index in [0.717, 1.165) is 17.0 Å². The molecule has 1 heterocycles. The second kappa shape index (κ2) is 5.34. The van der Waals surface area contributed by atoms with Crippen LogP contribution in [-0.4, -0.2) is 17.3 Å². The van der Waals surface area contributed by atoms with Gasteiger partial charge in [0.05, 0.1) is 17.8 Å². The SMILES string of the molecule is COc1ccccc1Cc1cc(Cl)c(Cl)nn1. The predicted octanol–water partition coefficient (Wildman–Crippen LogP) is 3.38. The third-order valence-electron chi connectivity index (χ3n) is 2.32. The summed E-state index contributed by atoms with van der Waals surface area (Å²) in [6.45, 7) is 0. The fraction of sp³-hybridized carbons (Fsp3) is 0.167. The zero-order valence-electron chi connectivity index (χ0n) is 9.15. The quantitative estimate of drug-likeness (QED) is 0.856. The van der Waals surface area contributed by atoms with Crippen molar-refractivity contribution in [3.63, 3.8) is 0 Å². The number of hydrogen-bond acceptors (Lipinski definition) is 3. The van der Waals surface area contributed by atoms with Crippen LogP contribution >= 0.6 is 23.2 Å².